The van der Waals surface area contributed by atoms with Gasteiger partial charge in [-0.15, -0.1) is 0 Å². The highest BCUT2D eigenvalue weighted by Crippen LogP contribution is 2.87. The Kier molecular flexibility index (Phi) is 9.30. The molecule has 7 rings (SSSR count). The lowest BCUT2D eigenvalue weighted by molar-refractivity contribution is -0.214. The van der Waals surface area contributed by atoms with Crippen LogP contribution in [0.3, 0.4) is 0 Å². The van der Waals surface area contributed by atoms with Crippen LogP contribution in [-0.2, 0) is 28.5 Å². The Morgan fingerprint density at radius 3 is 2.39 bits per heavy atom. The van der Waals surface area contributed by atoms with E-state index in [4.69, 9.17) is 23.7 Å². The predicted molar refractivity (Wildman–Crippen MR) is 191 cm³/mol. The van der Waals surface area contributed by atoms with Gasteiger partial charge < -0.3 is 38.8 Å². The van der Waals surface area contributed by atoms with Crippen molar-refractivity contribution in [3.63, 3.8) is 0 Å². The van der Waals surface area contributed by atoms with E-state index in [0.29, 0.717) is 30.9 Å². The van der Waals surface area contributed by atoms with Crippen LogP contribution >= 0.6 is 0 Å². The zero-order chi connectivity index (χ0) is 37.1. The van der Waals surface area contributed by atoms with Gasteiger partial charge in [-0.3, -0.25) is 0 Å². The molecule has 2 N–H and O–H groups in total. The lowest BCUT2D eigenvalue weighted by Crippen LogP contribution is -2.57. The van der Waals surface area contributed by atoms with Crippen molar-refractivity contribution < 1.29 is 43.5 Å². The first-order valence-electron chi connectivity index (χ1n) is 20.2. The molecule has 1 amide bonds. The maximum atomic E-state index is 13.6. The van der Waals surface area contributed by atoms with Crippen molar-refractivity contribution in [1.82, 2.24) is 4.90 Å². The standard InChI is InChI=1S/C41H67NO9/c1-11-47-33(38(8,9)46)25-20-23(2)29-32(49-25)31(43)30-24-12-13-27-37(6,7)28(14-15-41(27)22-40(24,41)17-16-39(29,30)10)50-34(44)26-21-42(18-19-48-26)35(45)51-36(3,4)5/h23-33,43,46H,11-22H2,1-10H3/t23-,24+,25-,26-,27+,28+,29+,30?,31-,32+,33+,39-,40+,41?/m1/s1. The van der Waals surface area contributed by atoms with Gasteiger partial charge in [0, 0.05) is 18.6 Å². The van der Waals surface area contributed by atoms with Crippen molar-refractivity contribution in [1.29, 1.82) is 0 Å². The predicted octanol–water partition coefficient (Wildman–Crippen LogP) is 6.13. The van der Waals surface area contributed by atoms with E-state index >= 15 is 0 Å². The van der Waals surface area contributed by atoms with Crippen LogP contribution in [0.15, 0.2) is 0 Å². The highest BCUT2D eigenvalue weighted by molar-refractivity contribution is 5.77. The lowest BCUT2D eigenvalue weighted by Gasteiger charge is -2.60. The summed E-state index contributed by atoms with van der Waals surface area (Å²) in [5, 5.41) is 23.4. The topological polar surface area (TPSA) is 124 Å². The molecule has 290 valence electrons. The van der Waals surface area contributed by atoms with Gasteiger partial charge in [0.25, 0.3) is 0 Å². The van der Waals surface area contributed by atoms with Crippen molar-refractivity contribution in [2.45, 2.75) is 168 Å². The number of morpholine rings is 1. The Balaban J connectivity index is 1.05. The summed E-state index contributed by atoms with van der Waals surface area (Å²) < 4.78 is 30.7. The summed E-state index contributed by atoms with van der Waals surface area (Å²) in [5.74, 6) is 1.32. The fourth-order valence-electron chi connectivity index (χ4n) is 13.7. The van der Waals surface area contributed by atoms with E-state index < -0.39 is 35.6 Å². The summed E-state index contributed by atoms with van der Waals surface area (Å²) in [4.78, 5) is 27.9. The minimum Gasteiger partial charge on any atom is -0.460 e. The SMILES string of the molecule is CCO[C@@H]([C@H]1C[C@@H](C)[C@H]2[C@H](O1)[C@H](O)C1[C@@H]3CC[C@H]4C(C)(C)[C@@H](OC(=O)[C@H]5CN(C(=O)OC(C)(C)C)CCO5)CCC45C[C@@]35CC[C@@]12C)C(C)(C)O. The fraction of sp³-hybridized carbons (Fsp3) is 0.951. The largest absolute Gasteiger partial charge is 0.460 e. The molecule has 0 aromatic carbocycles. The molecule has 0 aromatic heterocycles. The van der Waals surface area contributed by atoms with E-state index in [0.717, 1.165) is 38.5 Å². The summed E-state index contributed by atoms with van der Waals surface area (Å²) in [7, 11) is 0. The molecule has 5 aliphatic carbocycles. The first kappa shape index (κ1) is 37.8. The van der Waals surface area contributed by atoms with Crippen LogP contribution in [-0.4, -0.2) is 101 Å². The number of amides is 1. The molecule has 2 spiro atoms. The third-order valence-corrected chi connectivity index (χ3v) is 15.5. The second-order valence-electron chi connectivity index (χ2n) is 20.2. The number of carbonyl (C=O) groups excluding carboxylic acids is 2. The number of fused-ring (bicyclic) bond motifs is 4. The third-order valence-electron chi connectivity index (χ3n) is 15.5. The van der Waals surface area contributed by atoms with Crippen LogP contribution < -0.4 is 0 Å². The second kappa shape index (κ2) is 12.5. The van der Waals surface area contributed by atoms with Crippen LogP contribution in [0.25, 0.3) is 0 Å². The van der Waals surface area contributed by atoms with E-state index in [2.05, 4.69) is 27.7 Å². The second-order valence-corrected chi connectivity index (χ2v) is 20.2. The van der Waals surface area contributed by atoms with Crippen LogP contribution in [0.1, 0.15) is 121 Å². The van der Waals surface area contributed by atoms with Gasteiger partial charge in [0.1, 0.15) is 17.8 Å². The first-order chi connectivity index (χ1) is 23.7. The minimum absolute atomic E-state index is 0.00623. The summed E-state index contributed by atoms with van der Waals surface area (Å²) in [5.41, 5.74) is -1.43. The van der Waals surface area contributed by atoms with Gasteiger partial charge in [-0.2, -0.15) is 0 Å². The normalized spacial score (nSPS) is 46.4. The van der Waals surface area contributed by atoms with Crippen LogP contribution in [0.4, 0.5) is 4.79 Å². The third kappa shape index (κ3) is 5.90. The quantitative estimate of drug-likeness (QED) is 0.312. The molecular formula is C41H67NO9. The number of nitrogens with zero attached hydrogens (tertiary/aromatic N) is 1. The van der Waals surface area contributed by atoms with Crippen molar-refractivity contribution in [2.24, 2.45) is 51.2 Å². The molecule has 10 nitrogen and oxygen atoms in total. The number of ether oxygens (including phenoxy) is 5. The zero-order valence-electron chi connectivity index (χ0n) is 33.0. The van der Waals surface area contributed by atoms with Gasteiger partial charge in [0.05, 0.1) is 37.1 Å². The summed E-state index contributed by atoms with van der Waals surface area (Å²) in [6, 6.07) is 0. The van der Waals surface area contributed by atoms with Crippen LogP contribution in [0.2, 0.25) is 0 Å². The maximum Gasteiger partial charge on any atom is 0.410 e. The Hall–Kier alpha value is -1.46. The molecule has 0 bridgehead atoms. The Morgan fingerprint density at radius 1 is 1.00 bits per heavy atom. The molecule has 10 heteroatoms. The number of carbonyl (C=O) groups is 2. The van der Waals surface area contributed by atoms with E-state index in [9.17, 15) is 19.8 Å². The monoisotopic (exact) mass is 717 g/mol. The fourth-order valence-corrected chi connectivity index (χ4v) is 13.7. The first-order valence-corrected chi connectivity index (χ1v) is 20.2. The van der Waals surface area contributed by atoms with E-state index in [-0.39, 0.29) is 70.9 Å². The Morgan fingerprint density at radius 2 is 1.73 bits per heavy atom. The number of rotatable bonds is 6. The molecule has 7 fully saturated rings. The van der Waals surface area contributed by atoms with E-state index in [1.807, 2.05) is 27.7 Å². The van der Waals surface area contributed by atoms with Crippen LogP contribution in [0.5, 0.6) is 0 Å². The number of aliphatic hydroxyl groups excluding tert-OH is 1. The van der Waals surface area contributed by atoms with Gasteiger partial charge in [-0.25, -0.2) is 9.59 Å². The molecule has 5 saturated carbocycles. The summed E-state index contributed by atoms with van der Waals surface area (Å²) >= 11 is 0. The summed E-state index contributed by atoms with van der Waals surface area (Å²) in [6.07, 6.45) is 5.37. The Bertz CT molecular complexity index is 1360. The van der Waals surface area contributed by atoms with Crippen molar-refractivity contribution >= 4 is 12.1 Å². The van der Waals surface area contributed by atoms with Crippen molar-refractivity contribution in [3.8, 4) is 0 Å². The van der Waals surface area contributed by atoms with E-state index in [1.54, 1.807) is 18.7 Å². The molecule has 51 heavy (non-hydrogen) atoms. The summed E-state index contributed by atoms with van der Waals surface area (Å²) in [6.45, 7) is 21.8. The van der Waals surface area contributed by atoms with Crippen LogP contribution in [0, 0.1) is 51.2 Å². The molecule has 0 aromatic rings. The molecule has 2 unspecified atom stereocenters. The number of esters is 1. The molecule has 0 radical (unpaired) electrons. The van der Waals surface area contributed by atoms with Crippen molar-refractivity contribution in [2.75, 3.05) is 26.3 Å². The molecule has 2 heterocycles. The average molecular weight is 718 g/mol. The number of aliphatic hydroxyl groups is 2. The number of hydrogen-bond acceptors (Lipinski definition) is 9. The molecule has 14 atom stereocenters. The lowest BCUT2D eigenvalue weighted by atomic mass is 9.46. The minimum atomic E-state index is -1.04. The zero-order valence-corrected chi connectivity index (χ0v) is 33.0. The van der Waals surface area contributed by atoms with Crippen molar-refractivity contribution in [3.05, 3.63) is 0 Å². The molecular weight excluding hydrogens is 650 g/mol. The molecule has 7 aliphatic rings. The molecule has 2 saturated heterocycles. The maximum absolute atomic E-state index is 13.6. The van der Waals surface area contributed by atoms with Gasteiger partial charge in [0.2, 0.25) is 0 Å². The number of hydrogen-bond donors (Lipinski definition) is 2. The smallest absolute Gasteiger partial charge is 0.410 e. The van der Waals surface area contributed by atoms with Gasteiger partial charge in [0.15, 0.2) is 6.10 Å². The highest BCUT2D eigenvalue weighted by Gasteiger charge is 2.82. The Labute approximate surface area is 306 Å². The molecule has 2 aliphatic heterocycles. The average Bonchev–Trinajstić information content (AvgIpc) is 3.64. The van der Waals surface area contributed by atoms with E-state index in [1.165, 1.54) is 12.8 Å². The van der Waals surface area contributed by atoms with Gasteiger partial charge in [-0.1, -0.05) is 27.7 Å². The van der Waals surface area contributed by atoms with Gasteiger partial charge >= 0.3 is 12.1 Å². The highest BCUT2D eigenvalue weighted by atomic mass is 16.6. The van der Waals surface area contributed by atoms with Gasteiger partial charge in [-0.05, 0) is 139 Å².